The predicted octanol–water partition coefficient (Wildman–Crippen LogP) is 3.07. The Bertz CT molecular complexity index is 784. The second-order valence-electron chi connectivity index (χ2n) is 5.85. The van der Waals surface area contributed by atoms with Crippen molar-refractivity contribution >= 4 is 22.9 Å². The quantitative estimate of drug-likeness (QED) is 0.712. The molecule has 3 nitrogen and oxygen atoms in total. The third kappa shape index (κ3) is 4.31. The smallest absolute Gasteiger partial charge is 0.279 e. The summed E-state index contributed by atoms with van der Waals surface area (Å²) in [6.45, 7) is 1.31. The van der Waals surface area contributed by atoms with Crippen LogP contribution < -0.4 is 10.2 Å². The van der Waals surface area contributed by atoms with E-state index in [1.54, 1.807) is 11.3 Å². The first kappa shape index (κ1) is 16.4. The topological polar surface area (TPSA) is 33.5 Å². The van der Waals surface area contributed by atoms with Gasteiger partial charge in [0.05, 0.1) is 11.9 Å². The van der Waals surface area contributed by atoms with Gasteiger partial charge in [0.1, 0.15) is 6.54 Å². The Morgan fingerprint density at radius 1 is 1.00 bits per heavy atom. The summed E-state index contributed by atoms with van der Waals surface area (Å²) in [6, 6.07) is 22.2. The lowest BCUT2D eigenvalue weighted by molar-refractivity contribution is -0.884. The molecule has 0 spiro atoms. The third-order valence-electron chi connectivity index (χ3n) is 3.80. The van der Waals surface area contributed by atoms with Crippen LogP contribution in [0.5, 0.6) is 0 Å². The summed E-state index contributed by atoms with van der Waals surface area (Å²) >= 11 is 1.73. The van der Waals surface area contributed by atoms with E-state index in [1.165, 1.54) is 9.78 Å². The van der Waals surface area contributed by atoms with E-state index in [-0.39, 0.29) is 5.91 Å². The van der Waals surface area contributed by atoms with E-state index in [0.717, 1.165) is 23.4 Å². The lowest BCUT2D eigenvalue weighted by atomic mass is 10.0. The largest absolute Gasteiger partial charge is 0.325 e. The van der Waals surface area contributed by atoms with Crippen LogP contribution >= 0.6 is 11.3 Å². The average Bonchev–Trinajstić information content (AvgIpc) is 3.09. The van der Waals surface area contributed by atoms with E-state index in [2.05, 4.69) is 28.9 Å². The second-order valence-corrected chi connectivity index (χ2v) is 6.88. The fraction of sp³-hybridized carbons (Fsp3) is 0.150. The van der Waals surface area contributed by atoms with Gasteiger partial charge in [0.25, 0.3) is 5.91 Å². The van der Waals surface area contributed by atoms with Gasteiger partial charge in [-0.3, -0.25) is 4.79 Å². The van der Waals surface area contributed by atoms with Crippen LogP contribution in [0.1, 0.15) is 4.88 Å². The fourth-order valence-corrected chi connectivity index (χ4v) is 3.52. The van der Waals surface area contributed by atoms with E-state index in [9.17, 15) is 4.79 Å². The van der Waals surface area contributed by atoms with Crippen molar-refractivity contribution in [1.82, 2.24) is 0 Å². The van der Waals surface area contributed by atoms with Crippen LogP contribution in [0.3, 0.4) is 0 Å². The van der Waals surface area contributed by atoms with Crippen molar-refractivity contribution in [3.8, 4) is 11.1 Å². The molecule has 1 amide bonds. The van der Waals surface area contributed by atoms with Gasteiger partial charge < -0.3 is 10.2 Å². The Kier molecular flexibility index (Phi) is 5.41. The minimum Gasteiger partial charge on any atom is -0.325 e. The zero-order valence-electron chi connectivity index (χ0n) is 13.7. The van der Waals surface area contributed by atoms with Crippen LogP contribution in [0.25, 0.3) is 11.1 Å². The first-order chi connectivity index (χ1) is 11.7. The molecule has 0 aliphatic heterocycles. The molecule has 0 saturated heterocycles. The second kappa shape index (κ2) is 7.90. The number of hydrogen-bond donors (Lipinski definition) is 2. The highest BCUT2D eigenvalue weighted by Crippen LogP contribution is 2.27. The average molecular weight is 337 g/mol. The number of thiophene rings is 1. The molecule has 1 aromatic heterocycles. The summed E-state index contributed by atoms with van der Waals surface area (Å²) in [5, 5.41) is 5.13. The zero-order chi connectivity index (χ0) is 16.8. The lowest BCUT2D eigenvalue weighted by Crippen LogP contribution is -3.08. The molecular weight excluding hydrogens is 316 g/mol. The number of nitrogens with one attached hydrogen (secondary N) is 2. The summed E-state index contributed by atoms with van der Waals surface area (Å²) in [5.74, 6) is 0.0347. The van der Waals surface area contributed by atoms with Crippen LogP contribution in [0.15, 0.2) is 72.1 Å². The zero-order valence-corrected chi connectivity index (χ0v) is 14.5. The van der Waals surface area contributed by atoms with Crippen molar-refractivity contribution in [1.29, 1.82) is 0 Å². The fourth-order valence-electron chi connectivity index (χ4n) is 2.70. The highest BCUT2D eigenvalue weighted by atomic mass is 32.1. The summed E-state index contributed by atoms with van der Waals surface area (Å²) < 4.78 is 0. The number of para-hydroxylation sites is 1. The van der Waals surface area contributed by atoms with Gasteiger partial charge >= 0.3 is 0 Å². The highest BCUT2D eigenvalue weighted by Gasteiger charge is 2.13. The number of carbonyl (C=O) groups excluding carboxylic acids is 1. The van der Waals surface area contributed by atoms with Gasteiger partial charge in [-0.15, -0.1) is 11.3 Å². The predicted molar refractivity (Wildman–Crippen MR) is 100 cm³/mol. The number of likely N-dealkylation sites (N-methyl/N-ethyl adjacent to an activating group) is 1. The number of benzene rings is 2. The summed E-state index contributed by atoms with van der Waals surface area (Å²) in [7, 11) is 2.04. The molecule has 0 bridgehead atoms. The maximum atomic E-state index is 12.4. The van der Waals surface area contributed by atoms with E-state index in [1.807, 2.05) is 55.6 Å². The van der Waals surface area contributed by atoms with Crippen molar-refractivity contribution in [2.45, 2.75) is 6.54 Å². The minimum absolute atomic E-state index is 0.0347. The first-order valence-corrected chi connectivity index (χ1v) is 8.88. The molecule has 122 valence electrons. The highest BCUT2D eigenvalue weighted by molar-refractivity contribution is 7.09. The normalized spacial score (nSPS) is 11.9. The van der Waals surface area contributed by atoms with E-state index in [4.69, 9.17) is 0 Å². The molecule has 0 aliphatic carbocycles. The van der Waals surface area contributed by atoms with Crippen molar-refractivity contribution in [3.05, 3.63) is 77.0 Å². The van der Waals surface area contributed by atoms with Gasteiger partial charge in [-0.1, -0.05) is 54.6 Å². The molecular formula is C20H21N2OS+. The number of carbonyl (C=O) groups is 1. The van der Waals surface area contributed by atoms with Crippen molar-refractivity contribution in [3.63, 3.8) is 0 Å². The van der Waals surface area contributed by atoms with Crippen molar-refractivity contribution < 1.29 is 9.69 Å². The Labute approximate surface area is 146 Å². The Morgan fingerprint density at radius 3 is 2.50 bits per heavy atom. The van der Waals surface area contributed by atoms with Gasteiger partial charge in [0.15, 0.2) is 6.54 Å². The van der Waals surface area contributed by atoms with Gasteiger partial charge in [-0.05, 0) is 23.1 Å². The maximum Gasteiger partial charge on any atom is 0.279 e. The van der Waals surface area contributed by atoms with Gasteiger partial charge in [-0.25, -0.2) is 0 Å². The Hall–Kier alpha value is -2.43. The van der Waals surface area contributed by atoms with Crippen LogP contribution in [0.4, 0.5) is 5.69 Å². The van der Waals surface area contributed by atoms with Gasteiger partial charge in [0, 0.05) is 11.3 Å². The third-order valence-corrected chi connectivity index (χ3v) is 4.68. The number of anilines is 1. The molecule has 0 aliphatic rings. The van der Waals surface area contributed by atoms with E-state index < -0.39 is 0 Å². The molecule has 3 aromatic rings. The SMILES string of the molecule is C[NH+](CC(=O)Nc1ccccc1-c1ccccc1)Cc1cccs1. The lowest BCUT2D eigenvalue weighted by Gasteiger charge is -2.15. The number of quaternary nitrogens is 1. The van der Waals surface area contributed by atoms with Crippen LogP contribution in [0.2, 0.25) is 0 Å². The standard InChI is InChI=1S/C20H20N2OS/c1-22(14-17-10-7-13-24-17)15-20(23)21-19-12-6-5-11-18(19)16-8-3-2-4-9-16/h2-13H,14-15H2,1H3,(H,21,23)/p+1. The van der Waals surface area contributed by atoms with E-state index >= 15 is 0 Å². The number of rotatable bonds is 6. The van der Waals surface area contributed by atoms with Crippen LogP contribution in [-0.2, 0) is 11.3 Å². The summed E-state index contributed by atoms with van der Waals surface area (Å²) in [4.78, 5) is 14.9. The number of amides is 1. The molecule has 0 saturated carbocycles. The van der Waals surface area contributed by atoms with Crippen molar-refractivity contribution in [2.75, 3.05) is 18.9 Å². The number of hydrogen-bond acceptors (Lipinski definition) is 2. The van der Waals surface area contributed by atoms with E-state index in [0.29, 0.717) is 6.54 Å². The monoisotopic (exact) mass is 337 g/mol. The molecule has 2 aromatic carbocycles. The van der Waals surface area contributed by atoms with Crippen LogP contribution in [0, 0.1) is 0 Å². The minimum atomic E-state index is 0.0347. The summed E-state index contributed by atoms with van der Waals surface area (Å²) in [5.41, 5.74) is 3.01. The Morgan fingerprint density at radius 2 is 1.75 bits per heavy atom. The van der Waals surface area contributed by atoms with Crippen molar-refractivity contribution in [2.24, 2.45) is 0 Å². The van der Waals surface area contributed by atoms with Gasteiger partial charge in [0.2, 0.25) is 0 Å². The molecule has 3 rings (SSSR count). The van der Waals surface area contributed by atoms with Crippen LogP contribution in [-0.4, -0.2) is 19.5 Å². The summed E-state index contributed by atoms with van der Waals surface area (Å²) in [6.07, 6.45) is 0. The molecule has 0 fully saturated rings. The molecule has 2 N–H and O–H groups in total. The first-order valence-electron chi connectivity index (χ1n) is 8.00. The Balaban J connectivity index is 1.66. The molecule has 0 radical (unpaired) electrons. The molecule has 1 atom stereocenters. The maximum absolute atomic E-state index is 12.4. The van der Waals surface area contributed by atoms with Gasteiger partial charge in [-0.2, -0.15) is 0 Å². The molecule has 1 heterocycles. The molecule has 4 heteroatoms. The molecule has 24 heavy (non-hydrogen) atoms. The molecule has 1 unspecified atom stereocenters.